The number of aliphatic hydroxyl groups excluding tert-OH is 2. The van der Waals surface area contributed by atoms with E-state index in [0.29, 0.717) is 18.2 Å². The number of rotatable bonds is 3. The van der Waals surface area contributed by atoms with Crippen molar-refractivity contribution in [2.24, 2.45) is 0 Å². The summed E-state index contributed by atoms with van der Waals surface area (Å²) in [5.41, 5.74) is -3.39. The van der Waals surface area contributed by atoms with Crippen LogP contribution in [0.4, 0.5) is 33.5 Å². The lowest BCUT2D eigenvalue weighted by Crippen LogP contribution is -2.50. The third kappa shape index (κ3) is 3.75. The van der Waals surface area contributed by atoms with Gasteiger partial charge in [-0.25, -0.2) is 13.8 Å². The lowest BCUT2D eigenvalue weighted by atomic mass is 10.1. The fourth-order valence-electron chi connectivity index (χ4n) is 3.47. The Hall–Kier alpha value is -3.29. The molecule has 180 valence electrons. The van der Waals surface area contributed by atoms with E-state index in [2.05, 4.69) is 4.98 Å². The Morgan fingerprint density at radius 2 is 2.00 bits per heavy atom. The molecule has 1 aromatic carbocycles. The molecule has 0 saturated carbocycles. The summed E-state index contributed by atoms with van der Waals surface area (Å²) in [6.07, 6.45) is -8.91. The first-order valence-corrected chi connectivity index (χ1v) is 9.55. The summed E-state index contributed by atoms with van der Waals surface area (Å²) in [6, 6.07) is -0.162. The molecule has 1 fully saturated rings. The van der Waals surface area contributed by atoms with Gasteiger partial charge in [-0.15, -0.1) is 0 Å². The van der Waals surface area contributed by atoms with Crippen LogP contribution >= 0.6 is 11.6 Å². The van der Waals surface area contributed by atoms with Gasteiger partial charge in [-0.05, 0) is 12.1 Å². The first-order chi connectivity index (χ1) is 17.0. The van der Waals surface area contributed by atoms with Crippen LogP contribution in [0.15, 0.2) is 34.9 Å². The Balaban J connectivity index is 1.89. The molecule has 3 atom stereocenters. The number of nitrogens with zero attached hydrogens (tertiary/aromatic N) is 3. The van der Waals surface area contributed by atoms with Crippen LogP contribution in [-0.4, -0.2) is 52.2 Å². The molecule has 0 bridgehead atoms. The number of halogens is 6. The number of fused-ring (bicyclic) bond motifs is 1. The maximum absolute atomic E-state index is 14.0. The Labute approximate surface area is 196 Å². The van der Waals surface area contributed by atoms with E-state index in [4.69, 9.17) is 20.1 Å². The Kier molecular flexibility index (Phi) is 4.84. The molecular formula is C20H13ClF5N3O5. The van der Waals surface area contributed by atoms with Gasteiger partial charge in [0.05, 0.1) is 11.3 Å². The highest BCUT2D eigenvalue weighted by Gasteiger charge is 2.53. The summed E-state index contributed by atoms with van der Waals surface area (Å²) >= 11 is 5.57. The molecule has 2 aromatic heterocycles. The van der Waals surface area contributed by atoms with Crippen molar-refractivity contribution >= 4 is 46.0 Å². The zero-order valence-electron chi connectivity index (χ0n) is 19.3. The summed E-state index contributed by atoms with van der Waals surface area (Å²) < 4.78 is 96.6. The van der Waals surface area contributed by atoms with Crippen LogP contribution in [0.1, 0.15) is 9.68 Å². The summed E-state index contributed by atoms with van der Waals surface area (Å²) in [4.78, 5) is 30.1. The highest BCUT2D eigenvalue weighted by molar-refractivity contribution is 6.31. The molecule has 0 spiro atoms. The van der Waals surface area contributed by atoms with Crippen molar-refractivity contribution in [3.05, 3.63) is 52.7 Å². The normalized spacial score (nSPS) is 22.6. The molecule has 2 amide bonds. The molecule has 1 aliphatic rings. The number of aliphatic hydroxyl groups is 2. The summed E-state index contributed by atoms with van der Waals surface area (Å²) in [7, 11) is 0. The number of hydrogen-bond donors (Lipinski definition) is 2. The summed E-state index contributed by atoms with van der Waals surface area (Å²) in [5, 5.41) is 19.7. The third-order valence-electron chi connectivity index (χ3n) is 5.07. The molecular weight excluding hydrogens is 493 g/mol. The van der Waals surface area contributed by atoms with E-state index in [1.54, 1.807) is 0 Å². The third-order valence-corrected chi connectivity index (χ3v) is 5.34. The predicted molar refractivity (Wildman–Crippen MR) is 107 cm³/mol. The maximum atomic E-state index is 14.0. The number of carbonyl (C=O) groups excluding carboxylic acids is 2. The molecule has 3 aromatic rings. The van der Waals surface area contributed by atoms with Crippen molar-refractivity contribution in [3.8, 4) is 0 Å². The van der Waals surface area contributed by atoms with E-state index in [0.717, 1.165) is 12.3 Å². The number of hydrogen-bond acceptors (Lipinski definition) is 6. The van der Waals surface area contributed by atoms with Gasteiger partial charge < -0.3 is 19.5 Å². The average Bonchev–Trinajstić information content (AvgIpc) is 3.33. The van der Waals surface area contributed by atoms with E-state index in [9.17, 15) is 41.8 Å². The Morgan fingerprint density at radius 3 is 2.62 bits per heavy atom. The van der Waals surface area contributed by atoms with E-state index in [-0.39, 0.29) is 9.80 Å². The fraction of sp³-hybridized carbons (Fsp3) is 0.250. The van der Waals surface area contributed by atoms with E-state index < -0.39 is 88.0 Å². The minimum absolute atomic E-state index is 0.116. The Morgan fingerprint density at radius 1 is 1.29 bits per heavy atom. The quantitative estimate of drug-likeness (QED) is 0.416. The van der Waals surface area contributed by atoms with Crippen LogP contribution in [0, 0.1) is 11.6 Å². The van der Waals surface area contributed by atoms with Gasteiger partial charge in [0.25, 0.3) is 11.8 Å². The number of benzene rings is 1. The molecule has 2 N–H and O–H groups in total. The van der Waals surface area contributed by atoms with Crippen molar-refractivity contribution < 1.29 is 50.3 Å². The zero-order chi connectivity index (χ0) is 27.6. The van der Waals surface area contributed by atoms with Gasteiger partial charge in [0.1, 0.15) is 29.0 Å². The lowest BCUT2D eigenvalue weighted by Gasteiger charge is -2.29. The molecule has 0 unspecified atom stereocenters. The van der Waals surface area contributed by atoms with Gasteiger partial charge in [0, 0.05) is 28.9 Å². The van der Waals surface area contributed by atoms with Gasteiger partial charge in [-0.2, -0.15) is 13.2 Å². The molecule has 0 radical (unpaired) electrons. The van der Waals surface area contributed by atoms with Crippen molar-refractivity contribution in [3.63, 3.8) is 0 Å². The standard InChI is InChI=1S/C20H13ClF5N3O5/c1-28(7-4-9(21)13(23)10(22)5-7)18(32)14-15(30)16(31)19(33)29(14)12-6-8(20(24,25)26)17-11(27-12)2-3-34-17/h2-6,14-16,30-31H,1H3/t14-,15-,16-/m0/s1/i1D3. The number of likely N-dealkylation sites (N-methyl/N-ethyl adjacent to an activating group) is 1. The largest absolute Gasteiger partial charge is 0.462 e. The van der Waals surface area contributed by atoms with Gasteiger partial charge in [0.2, 0.25) is 0 Å². The second-order valence-electron chi connectivity index (χ2n) is 7.15. The Bertz CT molecular complexity index is 1390. The lowest BCUT2D eigenvalue weighted by molar-refractivity contribution is -0.137. The minimum Gasteiger partial charge on any atom is -0.462 e. The SMILES string of the molecule is [2H]C([2H])([2H])N(C(=O)[C@@H]1[C@H](O)[C@H](O)C(=O)N1c1cc(C(F)(F)F)c2occc2n1)c1cc(F)c(F)c(Cl)c1. The highest BCUT2D eigenvalue weighted by atomic mass is 35.5. The van der Waals surface area contributed by atoms with Crippen LogP contribution in [0.2, 0.25) is 5.02 Å². The van der Waals surface area contributed by atoms with Gasteiger partial charge in [-0.1, -0.05) is 11.6 Å². The minimum atomic E-state index is -5.04. The predicted octanol–water partition coefficient (Wildman–Crippen LogP) is 2.88. The molecule has 4 rings (SSSR count). The number of pyridine rings is 1. The molecule has 1 saturated heterocycles. The maximum Gasteiger partial charge on any atom is 0.420 e. The molecule has 8 nitrogen and oxygen atoms in total. The van der Waals surface area contributed by atoms with Crippen molar-refractivity contribution in [2.45, 2.75) is 24.4 Å². The first kappa shape index (κ1) is 20.1. The summed E-state index contributed by atoms with van der Waals surface area (Å²) in [5.74, 6) is -7.26. The number of aromatic nitrogens is 1. The molecule has 0 aliphatic carbocycles. The second kappa shape index (κ2) is 8.18. The monoisotopic (exact) mass is 508 g/mol. The number of amides is 2. The first-order valence-electron chi connectivity index (χ1n) is 10.7. The zero-order valence-corrected chi connectivity index (χ0v) is 17.1. The van der Waals surface area contributed by atoms with Crippen LogP contribution < -0.4 is 9.80 Å². The fourth-order valence-corrected chi connectivity index (χ4v) is 3.67. The van der Waals surface area contributed by atoms with E-state index in [1.807, 2.05) is 0 Å². The van der Waals surface area contributed by atoms with Crippen LogP contribution in [0.5, 0.6) is 0 Å². The molecule has 1 aliphatic heterocycles. The number of anilines is 2. The van der Waals surface area contributed by atoms with Crippen molar-refractivity contribution in [1.82, 2.24) is 4.98 Å². The van der Waals surface area contributed by atoms with Gasteiger partial charge >= 0.3 is 6.18 Å². The van der Waals surface area contributed by atoms with E-state index in [1.165, 1.54) is 0 Å². The topological polar surface area (TPSA) is 107 Å². The van der Waals surface area contributed by atoms with Crippen molar-refractivity contribution in [2.75, 3.05) is 16.8 Å². The number of carbonyl (C=O) groups is 2. The van der Waals surface area contributed by atoms with Crippen LogP contribution in [0.25, 0.3) is 11.1 Å². The van der Waals surface area contributed by atoms with Gasteiger partial charge in [-0.3, -0.25) is 14.5 Å². The molecule has 14 heteroatoms. The molecule has 34 heavy (non-hydrogen) atoms. The van der Waals surface area contributed by atoms with E-state index >= 15 is 0 Å². The smallest absolute Gasteiger partial charge is 0.420 e. The average molecular weight is 509 g/mol. The highest BCUT2D eigenvalue weighted by Crippen LogP contribution is 2.39. The molecule has 3 heterocycles. The second-order valence-corrected chi connectivity index (χ2v) is 7.55. The van der Waals surface area contributed by atoms with Crippen LogP contribution in [-0.2, 0) is 15.8 Å². The number of alkyl halides is 3. The van der Waals surface area contributed by atoms with Gasteiger partial charge in [0.15, 0.2) is 23.3 Å². The summed E-state index contributed by atoms with van der Waals surface area (Å²) in [6.45, 7) is -3.47. The number of furan rings is 1. The van der Waals surface area contributed by atoms with Crippen LogP contribution in [0.3, 0.4) is 0 Å². The van der Waals surface area contributed by atoms with Crippen molar-refractivity contribution in [1.29, 1.82) is 0 Å².